The van der Waals surface area contributed by atoms with Gasteiger partial charge in [-0.05, 0) is 36.3 Å². The van der Waals surface area contributed by atoms with Crippen LogP contribution in [0.1, 0.15) is 22.7 Å². The van der Waals surface area contributed by atoms with Crippen molar-refractivity contribution in [2.75, 3.05) is 5.32 Å². The summed E-state index contributed by atoms with van der Waals surface area (Å²) in [7, 11) is 0. The predicted molar refractivity (Wildman–Crippen MR) is 94.0 cm³/mol. The third-order valence-electron chi connectivity index (χ3n) is 4.22. The van der Waals surface area contributed by atoms with E-state index in [1.807, 2.05) is 25.1 Å². The molecule has 7 heteroatoms. The number of anilines is 1. The quantitative estimate of drug-likeness (QED) is 0.585. The first-order valence-corrected chi connectivity index (χ1v) is 7.81. The van der Waals surface area contributed by atoms with Gasteiger partial charge in [-0.25, -0.2) is 4.68 Å². The van der Waals surface area contributed by atoms with E-state index in [0.717, 1.165) is 16.8 Å². The number of hydrogen-bond donors (Lipinski definition) is 1. The second-order valence-electron chi connectivity index (χ2n) is 5.89. The van der Waals surface area contributed by atoms with Crippen LogP contribution in [0, 0.1) is 17.0 Å². The van der Waals surface area contributed by atoms with Gasteiger partial charge in [0.05, 0.1) is 4.92 Å². The highest BCUT2D eigenvalue weighted by molar-refractivity contribution is 5.77. The number of nitrogens with zero attached hydrogens (tertiary/aromatic N) is 4. The lowest BCUT2D eigenvalue weighted by atomic mass is 10.0. The lowest BCUT2D eigenvalue weighted by molar-refractivity contribution is -0.384. The van der Waals surface area contributed by atoms with Crippen LogP contribution in [0.15, 0.2) is 60.9 Å². The van der Waals surface area contributed by atoms with Crippen LogP contribution in [0.5, 0.6) is 0 Å². The Kier molecular flexibility index (Phi) is 3.53. The molecule has 2 aromatic carbocycles. The molecule has 1 aliphatic rings. The molecule has 0 saturated carbocycles. The first-order valence-electron chi connectivity index (χ1n) is 7.81. The Morgan fingerprint density at radius 3 is 2.52 bits per heavy atom. The van der Waals surface area contributed by atoms with Crippen molar-refractivity contribution in [3.8, 4) is 0 Å². The summed E-state index contributed by atoms with van der Waals surface area (Å²) in [6.45, 7) is 2.04. The van der Waals surface area contributed by atoms with Gasteiger partial charge in [-0.15, -0.1) is 0 Å². The third kappa shape index (κ3) is 2.76. The van der Waals surface area contributed by atoms with Gasteiger partial charge >= 0.3 is 0 Å². The Labute approximate surface area is 143 Å². The van der Waals surface area contributed by atoms with E-state index in [9.17, 15) is 10.1 Å². The fourth-order valence-corrected chi connectivity index (χ4v) is 2.87. The largest absolute Gasteiger partial charge is 0.324 e. The van der Waals surface area contributed by atoms with E-state index >= 15 is 0 Å². The molecule has 25 heavy (non-hydrogen) atoms. The second-order valence-corrected chi connectivity index (χ2v) is 5.89. The smallest absolute Gasteiger partial charge is 0.269 e. The zero-order valence-corrected chi connectivity index (χ0v) is 13.5. The van der Waals surface area contributed by atoms with Crippen molar-refractivity contribution in [3.05, 3.63) is 87.7 Å². The molecule has 0 bridgehead atoms. The molecule has 0 saturated heterocycles. The summed E-state index contributed by atoms with van der Waals surface area (Å²) in [4.78, 5) is 14.7. The van der Waals surface area contributed by atoms with E-state index in [0.29, 0.717) is 5.95 Å². The summed E-state index contributed by atoms with van der Waals surface area (Å²) < 4.78 is 1.76. The second kappa shape index (κ2) is 5.86. The Balaban J connectivity index is 1.76. The van der Waals surface area contributed by atoms with Crippen LogP contribution >= 0.6 is 0 Å². The van der Waals surface area contributed by atoms with Gasteiger partial charge in [0.2, 0.25) is 5.95 Å². The molecule has 4 rings (SSSR count). The Bertz CT molecular complexity index is 958. The summed E-state index contributed by atoms with van der Waals surface area (Å²) in [6, 6.07) is 14.5. The van der Waals surface area contributed by atoms with Crippen molar-refractivity contribution in [2.45, 2.75) is 13.0 Å². The van der Waals surface area contributed by atoms with E-state index < -0.39 is 4.92 Å². The normalized spacial score (nSPS) is 15.9. The fraction of sp³-hybridized carbons (Fsp3) is 0.111. The minimum atomic E-state index is -0.402. The molecule has 0 amide bonds. The number of nitro benzene ring substituents is 1. The van der Waals surface area contributed by atoms with E-state index in [1.165, 1.54) is 24.0 Å². The van der Waals surface area contributed by atoms with Crippen molar-refractivity contribution in [1.82, 2.24) is 14.8 Å². The molecule has 1 atom stereocenters. The zero-order chi connectivity index (χ0) is 17.4. The number of rotatable bonds is 3. The van der Waals surface area contributed by atoms with Crippen molar-refractivity contribution in [2.24, 2.45) is 0 Å². The lowest BCUT2D eigenvalue weighted by Gasteiger charge is -2.24. The summed E-state index contributed by atoms with van der Waals surface area (Å²) in [6.07, 6.45) is 3.54. The van der Waals surface area contributed by atoms with Crippen LogP contribution in [0.25, 0.3) is 5.70 Å². The van der Waals surface area contributed by atoms with Gasteiger partial charge in [-0.3, -0.25) is 10.1 Å². The first kappa shape index (κ1) is 15.1. The average molecular weight is 333 g/mol. The molecule has 0 aliphatic carbocycles. The minimum Gasteiger partial charge on any atom is -0.324 e. The number of benzene rings is 2. The molecular weight excluding hydrogens is 318 g/mol. The molecule has 1 aromatic heterocycles. The molecule has 124 valence electrons. The number of hydrogen-bond acceptors (Lipinski definition) is 5. The predicted octanol–water partition coefficient (Wildman–Crippen LogP) is 3.55. The summed E-state index contributed by atoms with van der Waals surface area (Å²) in [5.41, 5.74) is 4.15. The first-order chi connectivity index (χ1) is 12.1. The number of aryl methyl sites for hydroxylation is 1. The van der Waals surface area contributed by atoms with Crippen LogP contribution in [0.3, 0.4) is 0 Å². The zero-order valence-electron chi connectivity index (χ0n) is 13.5. The number of non-ortho nitro benzene ring substituents is 1. The van der Waals surface area contributed by atoms with Crippen molar-refractivity contribution < 1.29 is 4.92 Å². The number of fused-ring (bicyclic) bond motifs is 1. The van der Waals surface area contributed by atoms with Crippen LogP contribution in [0.4, 0.5) is 11.6 Å². The highest BCUT2D eigenvalue weighted by Crippen LogP contribution is 2.32. The van der Waals surface area contributed by atoms with E-state index in [2.05, 4.69) is 27.5 Å². The Morgan fingerprint density at radius 2 is 1.84 bits per heavy atom. The summed E-state index contributed by atoms with van der Waals surface area (Å²) in [5, 5.41) is 18.4. The molecule has 1 aliphatic heterocycles. The number of nitro groups is 1. The Morgan fingerprint density at radius 1 is 1.12 bits per heavy atom. The molecule has 3 aromatic rings. The van der Waals surface area contributed by atoms with Crippen molar-refractivity contribution in [1.29, 1.82) is 0 Å². The summed E-state index contributed by atoms with van der Waals surface area (Å²) >= 11 is 0. The molecule has 0 radical (unpaired) electrons. The molecule has 7 nitrogen and oxygen atoms in total. The van der Waals surface area contributed by atoms with E-state index in [4.69, 9.17) is 0 Å². The number of aromatic nitrogens is 3. The Hall–Kier alpha value is -3.48. The maximum Gasteiger partial charge on any atom is 0.269 e. The van der Waals surface area contributed by atoms with E-state index in [-0.39, 0.29) is 11.7 Å². The third-order valence-corrected chi connectivity index (χ3v) is 4.22. The van der Waals surface area contributed by atoms with Gasteiger partial charge in [0.25, 0.3) is 5.69 Å². The van der Waals surface area contributed by atoms with Gasteiger partial charge in [0, 0.05) is 17.8 Å². The fourth-order valence-electron chi connectivity index (χ4n) is 2.87. The van der Waals surface area contributed by atoms with Gasteiger partial charge < -0.3 is 5.32 Å². The standard InChI is InChI=1S/C18H15N5O2/c1-12-2-4-13(5-3-12)16-10-17(22-18(21-16)19-11-20-22)14-6-8-15(9-7-14)23(24)25/h2-11,17H,1H3,(H,19,20,21)/t17-/m0/s1. The van der Waals surface area contributed by atoms with Gasteiger partial charge in [0.15, 0.2) is 0 Å². The van der Waals surface area contributed by atoms with E-state index in [1.54, 1.807) is 16.8 Å². The topological polar surface area (TPSA) is 85.9 Å². The van der Waals surface area contributed by atoms with Crippen molar-refractivity contribution in [3.63, 3.8) is 0 Å². The molecule has 0 fully saturated rings. The molecular formula is C18H15N5O2. The SMILES string of the molecule is Cc1ccc(C2=C[C@@H](c3ccc([N+](=O)[O-])cc3)n3ncnc3N2)cc1. The monoisotopic (exact) mass is 333 g/mol. The van der Waals surface area contributed by atoms with Gasteiger partial charge in [-0.2, -0.15) is 10.1 Å². The van der Waals surface area contributed by atoms with Crippen LogP contribution in [0.2, 0.25) is 0 Å². The summed E-state index contributed by atoms with van der Waals surface area (Å²) in [5.74, 6) is 0.640. The highest BCUT2D eigenvalue weighted by Gasteiger charge is 2.23. The highest BCUT2D eigenvalue weighted by atomic mass is 16.6. The average Bonchev–Trinajstić information content (AvgIpc) is 3.10. The maximum atomic E-state index is 10.9. The van der Waals surface area contributed by atoms with Crippen molar-refractivity contribution >= 4 is 17.3 Å². The van der Waals surface area contributed by atoms with Crippen LogP contribution in [-0.2, 0) is 0 Å². The van der Waals surface area contributed by atoms with Crippen LogP contribution in [-0.4, -0.2) is 19.7 Å². The molecule has 2 heterocycles. The lowest BCUT2D eigenvalue weighted by Crippen LogP contribution is -2.20. The molecule has 0 spiro atoms. The van der Waals surface area contributed by atoms with Crippen LogP contribution < -0.4 is 5.32 Å². The number of allylic oxidation sites excluding steroid dienone is 1. The maximum absolute atomic E-state index is 10.9. The molecule has 0 unspecified atom stereocenters. The van der Waals surface area contributed by atoms with Gasteiger partial charge in [0.1, 0.15) is 12.4 Å². The minimum absolute atomic E-state index is 0.0687. The molecule has 1 N–H and O–H groups in total. The van der Waals surface area contributed by atoms with Gasteiger partial charge in [-0.1, -0.05) is 29.8 Å². The number of nitrogens with one attached hydrogen (secondary N) is 1.